The zero-order valence-corrected chi connectivity index (χ0v) is 6.57. The number of aromatic nitrogens is 2. The van der Waals surface area contributed by atoms with Crippen LogP contribution in [0, 0.1) is 0 Å². The Labute approximate surface area is 65.2 Å². The molecule has 0 saturated heterocycles. The molecule has 0 saturated carbocycles. The fraction of sp³-hybridized carbons (Fsp3) is 0.429. The Morgan fingerprint density at radius 2 is 2.36 bits per heavy atom. The average Bonchev–Trinajstić information content (AvgIpc) is 2.06. The maximum Gasteiger partial charge on any atom is 0.319 e. The highest BCUT2D eigenvalue weighted by Crippen LogP contribution is 2.08. The van der Waals surface area contributed by atoms with Gasteiger partial charge in [0, 0.05) is 12.3 Å². The predicted octanol–water partition coefficient (Wildman–Crippen LogP) is 0.884. The summed E-state index contributed by atoms with van der Waals surface area (Å²) in [4.78, 5) is 7.79. The Kier molecular flexibility index (Phi) is 2.66. The van der Waals surface area contributed by atoms with Crippen LogP contribution in [0.15, 0.2) is 12.3 Å². The van der Waals surface area contributed by atoms with Crippen LogP contribution in [-0.4, -0.2) is 23.7 Å². The van der Waals surface area contributed by atoms with Gasteiger partial charge in [-0.3, -0.25) is 0 Å². The summed E-state index contributed by atoms with van der Waals surface area (Å²) in [6, 6.07) is 2.02. The standard InChI is InChI=1S/C7H10N2O2/c1-3-11-7-8-5-4-6(9-7)10-2/h4-5H,3H2,1-2H3. The van der Waals surface area contributed by atoms with Crippen molar-refractivity contribution in [3.8, 4) is 11.9 Å². The van der Waals surface area contributed by atoms with Crippen molar-refractivity contribution in [3.05, 3.63) is 12.3 Å². The third-order valence-corrected chi connectivity index (χ3v) is 1.09. The van der Waals surface area contributed by atoms with Crippen molar-refractivity contribution in [2.24, 2.45) is 0 Å². The highest BCUT2D eigenvalue weighted by Gasteiger charge is 1.96. The lowest BCUT2D eigenvalue weighted by Crippen LogP contribution is -1.98. The zero-order valence-electron chi connectivity index (χ0n) is 6.57. The molecule has 0 aliphatic heterocycles. The molecule has 11 heavy (non-hydrogen) atoms. The van der Waals surface area contributed by atoms with E-state index >= 15 is 0 Å². The first-order valence-electron chi connectivity index (χ1n) is 3.36. The van der Waals surface area contributed by atoms with Crippen molar-refractivity contribution in [2.75, 3.05) is 13.7 Å². The first-order chi connectivity index (χ1) is 5.36. The second-order valence-electron chi connectivity index (χ2n) is 1.81. The van der Waals surface area contributed by atoms with Crippen LogP contribution in [0.25, 0.3) is 0 Å². The second kappa shape index (κ2) is 3.75. The number of rotatable bonds is 3. The van der Waals surface area contributed by atoms with E-state index < -0.39 is 0 Å². The average molecular weight is 154 g/mol. The van der Waals surface area contributed by atoms with Crippen LogP contribution in [0.2, 0.25) is 0 Å². The molecule has 0 amide bonds. The van der Waals surface area contributed by atoms with Crippen molar-refractivity contribution in [1.82, 2.24) is 9.97 Å². The molecule has 0 atom stereocenters. The van der Waals surface area contributed by atoms with Crippen molar-refractivity contribution >= 4 is 0 Å². The Balaban J connectivity index is 2.74. The molecule has 4 heteroatoms. The number of methoxy groups -OCH3 is 1. The van der Waals surface area contributed by atoms with E-state index in [1.807, 2.05) is 6.92 Å². The van der Waals surface area contributed by atoms with Crippen molar-refractivity contribution in [3.63, 3.8) is 0 Å². The topological polar surface area (TPSA) is 44.2 Å². The molecule has 4 nitrogen and oxygen atoms in total. The van der Waals surface area contributed by atoms with Gasteiger partial charge in [0.1, 0.15) is 0 Å². The van der Waals surface area contributed by atoms with E-state index in [1.54, 1.807) is 19.4 Å². The largest absolute Gasteiger partial charge is 0.481 e. The lowest BCUT2D eigenvalue weighted by atomic mass is 10.6. The molecule has 0 aromatic carbocycles. The van der Waals surface area contributed by atoms with Crippen LogP contribution >= 0.6 is 0 Å². The third kappa shape index (κ3) is 2.07. The normalized spacial score (nSPS) is 9.27. The van der Waals surface area contributed by atoms with Crippen LogP contribution in [-0.2, 0) is 0 Å². The third-order valence-electron chi connectivity index (χ3n) is 1.09. The first kappa shape index (κ1) is 7.78. The van der Waals surface area contributed by atoms with Gasteiger partial charge in [-0.2, -0.15) is 4.98 Å². The van der Waals surface area contributed by atoms with E-state index in [2.05, 4.69) is 9.97 Å². The molecular formula is C7H10N2O2. The van der Waals surface area contributed by atoms with Gasteiger partial charge in [-0.25, -0.2) is 4.98 Å². The molecule has 60 valence electrons. The smallest absolute Gasteiger partial charge is 0.319 e. The Morgan fingerprint density at radius 1 is 1.55 bits per heavy atom. The quantitative estimate of drug-likeness (QED) is 0.648. The van der Waals surface area contributed by atoms with Crippen LogP contribution in [0.5, 0.6) is 11.9 Å². The van der Waals surface area contributed by atoms with Crippen LogP contribution in [0.1, 0.15) is 6.92 Å². The number of hydrogen-bond acceptors (Lipinski definition) is 4. The van der Waals surface area contributed by atoms with Gasteiger partial charge >= 0.3 is 6.01 Å². The molecule has 0 unspecified atom stereocenters. The van der Waals surface area contributed by atoms with Crippen LogP contribution in [0.4, 0.5) is 0 Å². The molecule has 1 aromatic rings. The maximum absolute atomic E-state index is 5.05. The minimum absolute atomic E-state index is 0.354. The zero-order chi connectivity index (χ0) is 8.10. The molecule has 0 fully saturated rings. The molecule has 1 rings (SSSR count). The van der Waals surface area contributed by atoms with Gasteiger partial charge in [0.25, 0.3) is 0 Å². The van der Waals surface area contributed by atoms with Gasteiger partial charge in [0.15, 0.2) is 0 Å². The maximum atomic E-state index is 5.05. The predicted molar refractivity (Wildman–Crippen MR) is 39.8 cm³/mol. The monoisotopic (exact) mass is 154 g/mol. The van der Waals surface area contributed by atoms with E-state index in [1.165, 1.54) is 0 Å². The first-order valence-corrected chi connectivity index (χ1v) is 3.36. The molecule has 0 aliphatic rings. The van der Waals surface area contributed by atoms with Gasteiger partial charge in [-0.05, 0) is 6.92 Å². The number of hydrogen-bond donors (Lipinski definition) is 0. The molecule has 0 radical (unpaired) electrons. The van der Waals surface area contributed by atoms with E-state index in [0.29, 0.717) is 18.5 Å². The number of ether oxygens (including phenoxy) is 2. The summed E-state index contributed by atoms with van der Waals surface area (Å²) in [6.45, 7) is 2.44. The van der Waals surface area contributed by atoms with E-state index in [-0.39, 0.29) is 0 Å². The summed E-state index contributed by atoms with van der Waals surface area (Å²) in [5.41, 5.74) is 0. The Bertz CT molecular complexity index is 227. The minimum Gasteiger partial charge on any atom is -0.481 e. The van der Waals surface area contributed by atoms with Crippen molar-refractivity contribution in [2.45, 2.75) is 6.92 Å². The van der Waals surface area contributed by atoms with E-state index in [4.69, 9.17) is 9.47 Å². The highest BCUT2D eigenvalue weighted by atomic mass is 16.5. The summed E-state index contributed by atoms with van der Waals surface area (Å²) in [5.74, 6) is 0.517. The van der Waals surface area contributed by atoms with Gasteiger partial charge in [-0.1, -0.05) is 0 Å². The van der Waals surface area contributed by atoms with Gasteiger partial charge in [0.2, 0.25) is 5.88 Å². The molecule has 1 aromatic heterocycles. The van der Waals surface area contributed by atoms with Gasteiger partial charge in [0.05, 0.1) is 13.7 Å². The van der Waals surface area contributed by atoms with Crippen LogP contribution in [0.3, 0.4) is 0 Å². The SMILES string of the molecule is CCOc1nccc(OC)n1. The van der Waals surface area contributed by atoms with Crippen LogP contribution < -0.4 is 9.47 Å². The van der Waals surface area contributed by atoms with Crippen molar-refractivity contribution in [1.29, 1.82) is 0 Å². The van der Waals surface area contributed by atoms with Crippen molar-refractivity contribution < 1.29 is 9.47 Å². The number of nitrogens with zero attached hydrogens (tertiary/aromatic N) is 2. The lowest BCUT2D eigenvalue weighted by molar-refractivity contribution is 0.302. The minimum atomic E-state index is 0.354. The summed E-state index contributed by atoms with van der Waals surface area (Å²) in [5, 5.41) is 0. The molecule has 1 heterocycles. The highest BCUT2D eigenvalue weighted by molar-refractivity contribution is 5.10. The van der Waals surface area contributed by atoms with Gasteiger partial charge < -0.3 is 9.47 Å². The van der Waals surface area contributed by atoms with Gasteiger partial charge in [-0.15, -0.1) is 0 Å². The Hall–Kier alpha value is -1.32. The summed E-state index contributed by atoms with van der Waals surface area (Å²) in [7, 11) is 1.55. The molecule has 0 aliphatic carbocycles. The van der Waals surface area contributed by atoms with E-state index in [9.17, 15) is 0 Å². The Morgan fingerprint density at radius 3 is 3.00 bits per heavy atom. The van der Waals surface area contributed by atoms with E-state index in [0.717, 1.165) is 0 Å². The fourth-order valence-electron chi connectivity index (χ4n) is 0.638. The lowest BCUT2D eigenvalue weighted by Gasteiger charge is -2.01. The summed E-state index contributed by atoms with van der Waals surface area (Å²) >= 11 is 0. The molecule has 0 N–H and O–H groups in total. The fourth-order valence-corrected chi connectivity index (χ4v) is 0.638. The summed E-state index contributed by atoms with van der Waals surface area (Å²) < 4.78 is 9.92. The molecule has 0 spiro atoms. The summed E-state index contributed by atoms with van der Waals surface area (Å²) in [6.07, 6.45) is 1.59. The second-order valence-corrected chi connectivity index (χ2v) is 1.81. The molecule has 0 bridgehead atoms. The molecular weight excluding hydrogens is 144 g/mol.